The number of carboxylic acid groups (broad SMARTS) is 1. The molecule has 1 aliphatic heterocycles. The van der Waals surface area contributed by atoms with Crippen LogP contribution in [0.5, 0.6) is 0 Å². The minimum absolute atomic E-state index is 0.121. The van der Waals surface area contributed by atoms with Gasteiger partial charge in [0.25, 0.3) is 0 Å². The Morgan fingerprint density at radius 2 is 1.94 bits per heavy atom. The Morgan fingerprint density at radius 1 is 1.22 bits per heavy atom. The van der Waals surface area contributed by atoms with Crippen LogP contribution in [0.2, 0.25) is 5.02 Å². The van der Waals surface area contributed by atoms with E-state index < -0.39 is 17.4 Å². The van der Waals surface area contributed by atoms with Gasteiger partial charge in [0.1, 0.15) is 5.84 Å². The number of nitrogens with one attached hydrogen (secondary N) is 1. The summed E-state index contributed by atoms with van der Waals surface area (Å²) in [6.07, 6.45) is 0.121. The highest BCUT2D eigenvalue weighted by molar-refractivity contribution is 6.31. The molecule has 32 heavy (non-hydrogen) atoms. The Morgan fingerprint density at radius 3 is 2.56 bits per heavy atom. The second-order valence-corrected chi connectivity index (χ2v) is 9.25. The molecule has 7 nitrogen and oxygen atoms in total. The van der Waals surface area contributed by atoms with Crippen molar-refractivity contribution in [3.8, 4) is 0 Å². The first-order valence-corrected chi connectivity index (χ1v) is 10.6. The second-order valence-electron chi connectivity index (χ2n) is 8.82. The molecule has 8 heteroatoms. The summed E-state index contributed by atoms with van der Waals surface area (Å²) >= 11 is 6.16. The fraction of sp³-hybridized carbons (Fsp3) is 0.333. The van der Waals surface area contributed by atoms with Crippen LogP contribution in [0, 0.1) is 5.41 Å². The average molecular weight is 456 g/mol. The predicted molar refractivity (Wildman–Crippen MR) is 124 cm³/mol. The van der Waals surface area contributed by atoms with E-state index in [0.29, 0.717) is 27.7 Å². The summed E-state index contributed by atoms with van der Waals surface area (Å²) < 4.78 is 0. The quantitative estimate of drug-likeness (QED) is 0.668. The highest BCUT2D eigenvalue weighted by Gasteiger charge is 2.30. The van der Waals surface area contributed by atoms with E-state index in [9.17, 15) is 19.5 Å². The molecule has 168 valence electrons. The normalized spacial score (nSPS) is 16.5. The van der Waals surface area contributed by atoms with Gasteiger partial charge in [-0.1, -0.05) is 50.6 Å². The van der Waals surface area contributed by atoms with Crippen molar-refractivity contribution < 1.29 is 19.5 Å². The fourth-order valence-electron chi connectivity index (χ4n) is 3.40. The largest absolute Gasteiger partial charge is 0.478 e. The van der Waals surface area contributed by atoms with Crippen LogP contribution in [0.25, 0.3) is 0 Å². The van der Waals surface area contributed by atoms with Crippen LogP contribution in [0.15, 0.2) is 47.5 Å². The molecule has 0 saturated carbocycles. The van der Waals surface area contributed by atoms with E-state index in [-0.39, 0.29) is 30.3 Å². The molecule has 2 N–H and O–H groups in total. The Balaban J connectivity index is 1.87. The zero-order valence-corrected chi connectivity index (χ0v) is 19.2. The number of hydrogen-bond donors (Lipinski definition) is 2. The summed E-state index contributed by atoms with van der Waals surface area (Å²) in [5.74, 6) is -0.792. The molecule has 2 aromatic rings. The van der Waals surface area contributed by atoms with Gasteiger partial charge in [-0.05, 0) is 36.8 Å². The molecule has 3 rings (SSSR count). The van der Waals surface area contributed by atoms with E-state index in [0.717, 1.165) is 0 Å². The van der Waals surface area contributed by atoms with Crippen molar-refractivity contribution in [1.82, 2.24) is 4.90 Å². The van der Waals surface area contributed by atoms with Gasteiger partial charge >= 0.3 is 5.97 Å². The van der Waals surface area contributed by atoms with Gasteiger partial charge in [-0.15, -0.1) is 0 Å². The van der Waals surface area contributed by atoms with Crippen LogP contribution >= 0.6 is 11.6 Å². The lowest BCUT2D eigenvalue weighted by Crippen LogP contribution is -2.39. The van der Waals surface area contributed by atoms with Crippen molar-refractivity contribution in [3.63, 3.8) is 0 Å². The number of halogens is 1. The van der Waals surface area contributed by atoms with Crippen molar-refractivity contribution in [2.45, 2.75) is 46.7 Å². The fourth-order valence-corrected chi connectivity index (χ4v) is 3.57. The minimum atomic E-state index is -1.02. The first-order chi connectivity index (χ1) is 15.0. The topological polar surface area (TPSA) is 99.1 Å². The number of aromatic carboxylic acids is 1. The summed E-state index contributed by atoms with van der Waals surface area (Å²) in [6, 6.07) is 11.2. The third-order valence-electron chi connectivity index (χ3n) is 5.22. The molecule has 1 atom stereocenters. The number of amides is 2. The molecular formula is C24H26ClN3O4. The summed E-state index contributed by atoms with van der Waals surface area (Å²) in [4.78, 5) is 43.0. The highest BCUT2D eigenvalue weighted by atomic mass is 35.5. The van der Waals surface area contributed by atoms with Gasteiger partial charge in [-0.25, -0.2) is 4.79 Å². The van der Waals surface area contributed by atoms with Crippen LogP contribution in [0.3, 0.4) is 0 Å². The number of aliphatic imine (C=N–C) groups is 1. The molecule has 1 unspecified atom stereocenters. The van der Waals surface area contributed by atoms with E-state index in [1.165, 1.54) is 6.07 Å². The van der Waals surface area contributed by atoms with Crippen LogP contribution in [-0.4, -0.2) is 33.6 Å². The Kier molecular flexibility index (Phi) is 6.69. The number of amidine groups is 1. The van der Waals surface area contributed by atoms with Gasteiger partial charge in [0.15, 0.2) is 0 Å². The second kappa shape index (κ2) is 9.12. The van der Waals surface area contributed by atoms with E-state index in [4.69, 9.17) is 16.6 Å². The lowest BCUT2D eigenvalue weighted by Gasteiger charge is -2.31. The molecule has 0 aromatic heterocycles. The monoisotopic (exact) mass is 455 g/mol. The first kappa shape index (κ1) is 23.5. The average Bonchev–Trinajstić information content (AvgIpc) is 2.70. The van der Waals surface area contributed by atoms with E-state index in [2.05, 4.69) is 5.32 Å². The highest BCUT2D eigenvalue weighted by Crippen LogP contribution is 2.35. The summed E-state index contributed by atoms with van der Waals surface area (Å²) in [5, 5.41) is 12.6. The molecule has 1 aliphatic rings. The van der Waals surface area contributed by atoms with Crippen molar-refractivity contribution in [3.05, 3.63) is 64.2 Å². The van der Waals surface area contributed by atoms with E-state index in [1.807, 2.05) is 20.8 Å². The molecule has 2 amide bonds. The summed E-state index contributed by atoms with van der Waals surface area (Å²) in [6.45, 7) is 7.42. The van der Waals surface area contributed by atoms with Crippen LogP contribution in [-0.2, 0) is 16.1 Å². The van der Waals surface area contributed by atoms with E-state index >= 15 is 0 Å². The molecule has 0 saturated heterocycles. The SMILES string of the molecule is CC1=NC(c2ccc(Cl)cc2NC(=O)C(C)(C)C)CC(=O)N1Cc1cccc(C(=O)O)c1. The maximum Gasteiger partial charge on any atom is 0.335 e. The Labute approximate surface area is 192 Å². The minimum Gasteiger partial charge on any atom is -0.478 e. The number of rotatable bonds is 5. The number of nitrogens with zero attached hydrogens (tertiary/aromatic N) is 2. The van der Waals surface area contributed by atoms with E-state index in [1.54, 1.807) is 48.2 Å². The molecule has 0 fully saturated rings. The maximum atomic E-state index is 13.0. The molecule has 0 bridgehead atoms. The van der Waals surface area contributed by atoms with Crippen LogP contribution in [0.1, 0.15) is 61.6 Å². The number of benzene rings is 2. The molecule has 0 aliphatic carbocycles. The van der Waals surface area contributed by atoms with Gasteiger partial charge in [0.2, 0.25) is 11.8 Å². The smallest absolute Gasteiger partial charge is 0.335 e. The molecule has 2 aromatic carbocycles. The Bertz CT molecular complexity index is 1100. The van der Waals surface area contributed by atoms with Crippen molar-refractivity contribution in [2.75, 3.05) is 5.32 Å². The number of carbonyl (C=O) groups excluding carboxylic acids is 2. The third-order valence-corrected chi connectivity index (χ3v) is 5.46. The number of carboxylic acids is 1. The van der Waals surface area contributed by atoms with Gasteiger partial charge in [0, 0.05) is 21.7 Å². The lowest BCUT2D eigenvalue weighted by molar-refractivity contribution is -0.129. The third kappa shape index (κ3) is 5.34. The number of anilines is 1. The van der Waals surface area contributed by atoms with Crippen molar-refractivity contribution in [1.29, 1.82) is 0 Å². The zero-order valence-electron chi connectivity index (χ0n) is 18.5. The molecular weight excluding hydrogens is 430 g/mol. The lowest BCUT2D eigenvalue weighted by atomic mass is 9.94. The predicted octanol–water partition coefficient (Wildman–Crippen LogP) is 4.91. The van der Waals surface area contributed by atoms with Gasteiger partial charge in [-0.3, -0.25) is 19.5 Å². The Hall–Kier alpha value is -3.19. The molecule has 0 radical (unpaired) electrons. The number of carbonyl (C=O) groups is 3. The van der Waals surface area contributed by atoms with Crippen LogP contribution in [0.4, 0.5) is 5.69 Å². The standard InChI is InChI=1S/C24H26ClN3O4/c1-14-26-20(18-9-8-17(25)11-19(18)27-23(32)24(2,3)4)12-21(29)28(14)13-15-6-5-7-16(10-15)22(30)31/h5-11,20H,12-13H2,1-4H3,(H,27,32)(H,30,31). The van der Waals surface area contributed by atoms with Gasteiger partial charge in [0.05, 0.1) is 24.6 Å². The summed E-state index contributed by atoms with van der Waals surface area (Å²) in [7, 11) is 0. The first-order valence-electron chi connectivity index (χ1n) is 10.2. The van der Waals surface area contributed by atoms with Gasteiger partial charge in [-0.2, -0.15) is 0 Å². The zero-order chi connectivity index (χ0) is 23.6. The number of hydrogen-bond acceptors (Lipinski definition) is 4. The van der Waals surface area contributed by atoms with Crippen molar-refractivity contribution in [2.24, 2.45) is 10.4 Å². The maximum absolute atomic E-state index is 13.0. The van der Waals surface area contributed by atoms with Gasteiger partial charge < -0.3 is 10.4 Å². The van der Waals surface area contributed by atoms with Crippen molar-refractivity contribution >= 4 is 40.9 Å². The summed E-state index contributed by atoms with van der Waals surface area (Å²) in [5.41, 5.74) is 1.53. The molecule has 1 heterocycles. The van der Waals surface area contributed by atoms with Crippen LogP contribution < -0.4 is 5.32 Å². The molecule has 0 spiro atoms.